The molecule has 0 amide bonds. The van der Waals surface area contributed by atoms with E-state index in [1.54, 1.807) is 0 Å². The molecule has 1 fully saturated rings. The highest BCUT2D eigenvalue weighted by Crippen LogP contribution is 2.40. The van der Waals surface area contributed by atoms with Gasteiger partial charge in [-0.25, -0.2) is 8.42 Å². The molecule has 0 aromatic carbocycles. The van der Waals surface area contributed by atoms with E-state index >= 15 is 0 Å². The van der Waals surface area contributed by atoms with Crippen molar-refractivity contribution >= 4 is 9.84 Å². The first kappa shape index (κ1) is 17.0. The first-order valence-corrected chi connectivity index (χ1v) is 9.61. The maximum Gasteiger partial charge on any atom is 0.147 e. The van der Waals surface area contributed by atoms with Crippen LogP contribution in [0.25, 0.3) is 0 Å². The third kappa shape index (κ3) is 7.31. The summed E-state index contributed by atoms with van der Waals surface area (Å²) in [5, 5.41) is 3.63. The summed E-state index contributed by atoms with van der Waals surface area (Å²) in [6.45, 7) is 7.61. The molecule has 1 aliphatic carbocycles. The molecule has 1 rings (SSSR count). The van der Waals surface area contributed by atoms with Gasteiger partial charge in [0.2, 0.25) is 0 Å². The molecule has 1 aliphatic rings. The molecule has 0 radical (unpaired) electrons. The van der Waals surface area contributed by atoms with Gasteiger partial charge in [-0.1, -0.05) is 19.3 Å². The summed E-state index contributed by atoms with van der Waals surface area (Å²) in [7, 11) is -2.82. The lowest BCUT2D eigenvalue weighted by molar-refractivity contribution is 0.151. The fourth-order valence-electron chi connectivity index (χ4n) is 2.98. The van der Waals surface area contributed by atoms with Crippen LogP contribution in [0.5, 0.6) is 0 Å². The Morgan fingerprint density at radius 1 is 1.11 bits per heavy atom. The van der Waals surface area contributed by atoms with Gasteiger partial charge in [-0.15, -0.1) is 0 Å². The minimum absolute atomic E-state index is 0.140. The maximum absolute atomic E-state index is 11.3. The highest BCUT2D eigenvalue weighted by Gasteiger charge is 2.32. The van der Waals surface area contributed by atoms with Gasteiger partial charge in [0.15, 0.2) is 0 Å². The van der Waals surface area contributed by atoms with Crippen molar-refractivity contribution in [3.05, 3.63) is 0 Å². The van der Waals surface area contributed by atoms with E-state index in [-0.39, 0.29) is 5.54 Å². The Morgan fingerprint density at radius 2 is 1.68 bits per heavy atom. The summed E-state index contributed by atoms with van der Waals surface area (Å²) >= 11 is 0. The van der Waals surface area contributed by atoms with Crippen LogP contribution < -0.4 is 5.32 Å². The zero-order valence-corrected chi connectivity index (χ0v) is 13.9. The SMILES string of the molecule is CC(C)(C)NCC1(CCCS(C)(=O)=O)CCCCC1. The number of sulfone groups is 1. The lowest BCUT2D eigenvalue weighted by Gasteiger charge is -2.40. The summed E-state index contributed by atoms with van der Waals surface area (Å²) in [4.78, 5) is 0. The molecule has 0 heterocycles. The van der Waals surface area contributed by atoms with Gasteiger partial charge in [0.1, 0.15) is 9.84 Å². The Bertz CT molecular complexity index is 362. The quantitative estimate of drug-likeness (QED) is 0.817. The van der Waals surface area contributed by atoms with E-state index < -0.39 is 9.84 Å². The van der Waals surface area contributed by atoms with Gasteiger partial charge >= 0.3 is 0 Å². The predicted octanol–water partition coefficient (Wildman–Crippen LogP) is 3.15. The van der Waals surface area contributed by atoms with Crippen LogP contribution in [-0.2, 0) is 9.84 Å². The first-order valence-electron chi connectivity index (χ1n) is 7.55. The molecule has 4 heteroatoms. The largest absolute Gasteiger partial charge is 0.312 e. The highest BCUT2D eigenvalue weighted by atomic mass is 32.2. The molecule has 0 saturated heterocycles. The molecule has 1 saturated carbocycles. The summed E-state index contributed by atoms with van der Waals surface area (Å²) in [5.74, 6) is 0.338. The van der Waals surface area contributed by atoms with Crippen LogP contribution in [-0.4, -0.2) is 32.5 Å². The Balaban J connectivity index is 2.54. The molecule has 0 spiro atoms. The van der Waals surface area contributed by atoms with Crippen LogP contribution in [0.1, 0.15) is 65.7 Å². The van der Waals surface area contributed by atoms with Crippen molar-refractivity contribution in [1.82, 2.24) is 5.32 Å². The van der Waals surface area contributed by atoms with Crippen molar-refractivity contribution in [2.45, 2.75) is 71.3 Å². The second-order valence-corrected chi connectivity index (χ2v) is 9.66. The van der Waals surface area contributed by atoms with Gasteiger partial charge in [0, 0.05) is 24.1 Å². The van der Waals surface area contributed by atoms with Crippen molar-refractivity contribution in [3.8, 4) is 0 Å². The average Bonchev–Trinajstić information content (AvgIpc) is 2.25. The van der Waals surface area contributed by atoms with E-state index in [0.717, 1.165) is 19.4 Å². The van der Waals surface area contributed by atoms with E-state index in [1.165, 1.54) is 38.4 Å². The molecule has 3 nitrogen and oxygen atoms in total. The maximum atomic E-state index is 11.3. The summed E-state index contributed by atoms with van der Waals surface area (Å²) in [6.07, 6.45) is 9.63. The predicted molar refractivity (Wildman–Crippen MR) is 82.2 cm³/mol. The summed E-state index contributed by atoms with van der Waals surface area (Å²) in [5.41, 5.74) is 0.470. The third-order valence-electron chi connectivity index (χ3n) is 4.13. The molecule has 1 N–H and O–H groups in total. The Hall–Kier alpha value is -0.0900. The molecule has 0 bridgehead atoms. The van der Waals surface area contributed by atoms with Crippen molar-refractivity contribution in [1.29, 1.82) is 0 Å². The smallest absolute Gasteiger partial charge is 0.147 e. The van der Waals surface area contributed by atoms with Crippen LogP contribution in [0.4, 0.5) is 0 Å². The molecule has 0 unspecified atom stereocenters. The molecule has 0 atom stereocenters. The third-order valence-corrected chi connectivity index (χ3v) is 5.16. The molecular weight excluding hydrogens is 258 g/mol. The van der Waals surface area contributed by atoms with Gasteiger partial charge in [-0.05, 0) is 51.9 Å². The van der Waals surface area contributed by atoms with Gasteiger partial charge in [0.25, 0.3) is 0 Å². The van der Waals surface area contributed by atoms with E-state index in [1.807, 2.05) is 0 Å². The molecule has 114 valence electrons. The molecule has 0 aromatic rings. The zero-order chi connectivity index (χ0) is 14.6. The minimum Gasteiger partial charge on any atom is -0.312 e. The first-order chi connectivity index (χ1) is 8.62. The molecular formula is C15H31NO2S. The highest BCUT2D eigenvalue weighted by molar-refractivity contribution is 7.90. The number of nitrogens with one attached hydrogen (secondary N) is 1. The number of hydrogen-bond donors (Lipinski definition) is 1. The van der Waals surface area contributed by atoms with Crippen molar-refractivity contribution in [2.24, 2.45) is 5.41 Å². The number of rotatable bonds is 6. The average molecular weight is 289 g/mol. The van der Waals surface area contributed by atoms with Gasteiger partial charge in [-0.2, -0.15) is 0 Å². The topological polar surface area (TPSA) is 46.2 Å². The molecule has 0 aliphatic heterocycles. The number of hydrogen-bond acceptors (Lipinski definition) is 3. The minimum atomic E-state index is -2.82. The fourth-order valence-corrected chi connectivity index (χ4v) is 3.65. The standard InChI is InChI=1S/C15H31NO2S/c1-14(2,3)16-13-15(9-6-5-7-10-15)11-8-12-19(4,17)18/h16H,5-13H2,1-4H3. The van der Waals surface area contributed by atoms with Gasteiger partial charge < -0.3 is 5.32 Å². The summed E-state index contributed by atoms with van der Waals surface area (Å²) in [6, 6.07) is 0. The Labute approximate surface area is 119 Å². The van der Waals surface area contributed by atoms with E-state index in [9.17, 15) is 8.42 Å². The van der Waals surface area contributed by atoms with Crippen LogP contribution >= 0.6 is 0 Å². The van der Waals surface area contributed by atoms with E-state index in [4.69, 9.17) is 0 Å². The monoisotopic (exact) mass is 289 g/mol. The second kappa shape index (κ2) is 6.57. The van der Waals surface area contributed by atoms with Crippen LogP contribution in [0, 0.1) is 5.41 Å². The van der Waals surface area contributed by atoms with Crippen LogP contribution in [0.3, 0.4) is 0 Å². The second-order valence-electron chi connectivity index (χ2n) is 7.40. The molecule has 19 heavy (non-hydrogen) atoms. The van der Waals surface area contributed by atoms with Crippen LogP contribution in [0.15, 0.2) is 0 Å². The lowest BCUT2D eigenvalue weighted by atomic mass is 9.71. The van der Waals surface area contributed by atoms with Gasteiger partial charge in [-0.3, -0.25) is 0 Å². The zero-order valence-electron chi connectivity index (χ0n) is 13.1. The van der Waals surface area contributed by atoms with Gasteiger partial charge in [0.05, 0.1) is 0 Å². The fraction of sp³-hybridized carbons (Fsp3) is 1.00. The van der Waals surface area contributed by atoms with Crippen molar-refractivity contribution in [2.75, 3.05) is 18.6 Å². The van der Waals surface area contributed by atoms with Crippen LogP contribution in [0.2, 0.25) is 0 Å². The van der Waals surface area contributed by atoms with Crippen molar-refractivity contribution < 1.29 is 8.42 Å². The lowest BCUT2D eigenvalue weighted by Crippen LogP contribution is -2.45. The normalized spacial score (nSPS) is 20.4. The summed E-state index contributed by atoms with van der Waals surface area (Å²) < 4.78 is 22.6. The Kier molecular flexibility index (Phi) is 5.87. The van der Waals surface area contributed by atoms with Crippen molar-refractivity contribution in [3.63, 3.8) is 0 Å². The van der Waals surface area contributed by atoms with E-state index in [2.05, 4.69) is 26.1 Å². The van der Waals surface area contributed by atoms with E-state index in [0.29, 0.717) is 11.2 Å². The molecule has 0 aromatic heterocycles. The Morgan fingerprint density at radius 3 is 2.16 bits per heavy atom.